The van der Waals surface area contributed by atoms with Crippen LogP contribution < -0.4 is 15.4 Å². The Kier molecular flexibility index (Phi) is 11.7. The molecule has 0 aromatic heterocycles. The van der Waals surface area contributed by atoms with Crippen molar-refractivity contribution in [3.05, 3.63) is 29.8 Å². The molecule has 1 heterocycles. The Labute approximate surface area is 180 Å². The monoisotopic (exact) mass is 491 g/mol. The maximum absolute atomic E-state index is 5.85. The van der Waals surface area contributed by atoms with E-state index >= 15 is 0 Å². The van der Waals surface area contributed by atoms with Gasteiger partial charge in [-0.25, -0.2) is 0 Å². The van der Waals surface area contributed by atoms with Crippen molar-refractivity contribution in [1.82, 2.24) is 10.6 Å². The number of nitrogens with one attached hydrogen (secondary N) is 2. The minimum atomic E-state index is 0. The van der Waals surface area contributed by atoms with Crippen molar-refractivity contribution >= 4 is 29.9 Å². The summed E-state index contributed by atoms with van der Waals surface area (Å²) in [6.07, 6.45) is 2.25. The summed E-state index contributed by atoms with van der Waals surface area (Å²) in [5.41, 5.74) is 1.32. The van der Waals surface area contributed by atoms with Crippen molar-refractivity contribution in [2.24, 2.45) is 4.99 Å². The number of hydrogen-bond donors (Lipinski definition) is 2. The molecule has 154 valence electrons. The van der Waals surface area contributed by atoms with Crippen LogP contribution in [0.2, 0.25) is 0 Å². The maximum Gasteiger partial charge on any atom is 0.191 e. The summed E-state index contributed by atoms with van der Waals surface area (Å²) in [6, 6.07) is 8.47. The van der Waals surface area contributed by atoms with Gasteiger partial charge in [0.1, 0.15) is 5.75 Å². The number of rotatable bonds is 9. The average Bonchev–Trinajstić information content (AvgIpc) is 3.19. The van der Waals surface area contributed by atoms with Crippen LogP contribution in [0.4, 0.5) is 0 Å². The number of guanidine groups is 1. The lowest BCUT2D eigenvalue weighted by molar-refractivity contribution is 0.0347. The first-order valence-electron chi connectivity index (χ1n) is 9.42. The highest BCUT2D eigenvalue weighted by Gasteiger charge is 2.17. The van der Waals surface area contributed by atoms with E-state index in [1.165, 1.54) is 5.56 Å². The molecule has 1 fully saturated rings. The van der Waals surface area contributed by atoms with Crippen LogP contribution in [0.3, 0.4) is 0 Å². The Morgan fingerprint density at radius 3 is 2.63 bits per heavy atom. The molecule has 0 spiro atoms. The number of methoxy groups -OCH3 is 1. The highest BCUT2D eigenvalue weighted by atomic mass is 127. The number of halogens is 1. The molecule has 3 atom stereocenters. The standard InChI is InChI=1S/C20H33N3O3.HI/c1-15(17-5-7-18(24-4)8-6-17)9-11-22-20(21-3)23-16(2)13-26-19-10-12-25-14-19;/h5-8,15-16,19H,9-14H2,1-4H3,(H2,21,22,23);1H. The van der Waals surface area contributed by atoms with E-state index in [2.05, 4.69) is 41.6 Å². The summed E-state index contributed by atoms with van der Waals surface area (Å²) < 4.78 is 16.4. The van der Waals surface area contributed by atoms with E-state index in [1.807, 2.05) is 12.1 Å². The quantitative estimate of drug-likeness (QED) is 0.316. The van der Waals surface area contributed by atoms with Crippen LogP contribution >= 0.6 is 24.0 Å². The van der Waals surface area contributed by atoms with Gasteiger partial charge >= 0.3 is 0 Å². The van der Waals surface area contributed by atoms with Crippen LogP contribution in [-0.4, -0.2) is 58.6 Å². The molecule has 1 aromatic carbocycles. The molecule has 0 saturated carbocycles. The molecule has 2 N–H and O–H groups in total. The van der Waals surface area contributed by atoms with Gasteiger partial charge in [0, 0.05) is 26.2 Å². The second kappa shape index (κ2) is 13.2. The van der Waals surface area contributed by atoms with Gasteiger partial charge in [0.2, 0.25) is 0 Å². The average molecular weight is 491 g/mol. The van der Waals surface area contributed by atoms with E-state index in [0.717, 1.165) is 37.7 Å². The lowest BCUT2D eigenvalue weighted by atomic mass is 9.98. The van der Waals surface area contributed by atoms with E-state index in [0.29, 0.717) is 19.1 Å². The van der Waals surface area contributed by atoms with Gasteiger partial charge in [0.25, 0.3) is 0 Å². The molecule has 1 aromatic rings. The molecule has 0 radical (unpaired) electrons. The molecular formula is C20H34IN3O3. The van der Waals surface area contributed by atoms with Crippen molar-refractivity contribution in [3.63, 3.8) is 0 Å². The van der Waals surface area contributed by atoms with Crippen molar-refractivity contribution in [3.8, 4) is 5.75 Å². The number of benzene rings is 1. The first-order valence-corrected chi connectivity index (χ1v) is 9.42. The zero-order chi connectivity index (χ0) is 18.8. The summed E-state index contributed by atoms with van der Waals surface area (Å²) in [5.74, 6) is 2.17. The lowest BCUT2D eigenvalue weighted by Crippen LogP contribution is -2.44. The largest absolute Gasteiger partial charge is 0.497 e. The molecule has 1 aliphatic heterocycles. The Bertz CT molecular complexity index is 548. The van der Waals surface area contributed by atoms with E-state index in [4.69, 9.17) is 14.2 Å². The highest BCUT2D eigenvalue weighted by molar-refractivity contribution is 14.0. The molecule has 0 bridgehead atoms. The molecule has 2 rings (SSSR count). The van der Waals surface area contributed by atoms with Gasteiger partial charge in [-0.05, 0) is 43.4 Å². The SMILES string of the molecule is CN=C(NCCC(C)c1ccc(OC)cc1)NC(C)COC1CCOC1.I. The van der Waals surface area contributed by atoms with Gasteiger partial charge in [-0.1, -0.05) is 19.1 Å². The summed E-state index contributed by atoms with van der Waals surface area (Å²) in [7, 11) is 3.48. The first kappa shape index (κ1) is 24.0. The predicted octanol–water partition coefficient (Wildman–Crippen LogP) is 3.17. The summed E-state index contributed by atoms with van der Waals surface area (Å²) >= 11 is 0. The van der Waals surface area contributed by atoms with E-state index in [1.54, 1.807) is 14.2 Å². The van der Waals surface area contributed by atoms with Gasteiger partial charge in [-0.2, -0.15) is 0 Å². The van der Waals surface area contributed by atoms with E-state index in [-0.39, 0.29) is 36.1 Å². The number of aliphatic imine (C=N–C) groups is 1. The van der Waals surface area contributed by atoms with Crippen molar-refractivity contribution < 1.29 is 14.2 Å². The number of ether oxygens (including phenoxy) is 3. The third kappa shape index (κ3) is 8.66. The fourth-order valence-electron chi connectivity index (χ4n) is 2.90. The van der Waals surface area contributed by atoms with Crippen LogP contribution in [0, 0.1) is 0 Å². The molecule has 1 saturated heterocycles. The second-order valence-corrected chi connectivity index (χ2v) is 6.83. The Morgan fingerprint density at radius 1 is 1.30 bits per heavy atom. The third-order valence-corrected chi connectivity index (χ3v) is 4.63. The fourth-order valence-corrected chi connectivity index (χ4v) is 2.90. The predicted molar refractivity (Wildman–Crippen MR) is 121 cm³/mol. The van der Waals surface area contributed by atoms with Crippen LogP contribution in [0.5, 0.6) is 5.75 Å². The van der Waals surface area contributed by atoms with Crippen LogP contribution in [-0.2, 0) is 9.47 Å². The van der Waals surface area contributed by atoms with Gasteiger partial charge in [0.05, 0.1) is 26.4 Å². The van der Waals surface area contributed by atoms with Gasteiger partial charge < -0.3 is 24.8 Å². The molecule has 1 aliphatic rings. The maximum atomic E-state index is 5.85. The molecule has 0 amide bonds. The summed E-state index contributed by atoms with van der Waals surface area (Å²) in [4.78, 5) is 4.30. The summed E-state index contributed by atoms with van der Waals surface area (Å²) in [5, 5.41) is 6.76. The van der Waals surface area contributed by atoms with E-state index in [9.17, 15) is 0 Å². The Morgan fingerprint density at radius 2 is 2.04 bits per heavy atom. The number of nitrogens with zero attached hydrogens (tertiary/aromatic N) is 1. The zero-order valence-corrected chi connectivity index (χ0v) is 19.2. The fraction of sp³-hybridized carbons (Fsp3) is 0.650. The van der Waals surface area contributed by atoms with Gasteiger partial charge in [-0.3, -0.25) is 4.99 Å². The smallest absolute Gasteiger partial charge is 0.191 e. The first-order chi connectivity index (χ1) is 12.6. The van der Waals surface area contributed by atoms with Gasteiger partial charge in [-0.15, -0.1) is 24.0 Å². The van der Waals surface area contributed by atoms with Crippen molar-refractivity contribution in [2.75, 3.05) is 40.5 Å². The molecule has 0 aliphatic carbocycles. The Balaban J connectivity index is 0.00000364. The molecule has 7 heteroatoms. The van der Waals surface area contributed by atoms with Crippen molar-refractivity contribution in [1.29, 1.82) is 0 Å². The van der Waals surface area contributed by atoms with Crippen molar-refractivity contribution in [2.45, 2.75) is 44.8 Å². The normalized spacial score (nSPS) is 19.1. The highest BCUT2D eigenvalue weighted by Crippen LogP contribution is 2.21. The molecule has 27 heavy (non-hydrogen) atoms. The zero-order valence-electron chi connectivity index (χ0n) is 16.9. The summed E-state index contributed by atoms with van der Waals surface area (Å²) in [6.45, 7) is 7.36. The second-order valence-electron chi connectivity index (χ2n) is 6.83. The van der Waals surface area contributed by atoms with Gasteiger partial charge in [0.15, 0.2) is 5.96 Å². The lowest BCUT2D eigenvalue weighted by Gasteiger charge is -2.20. The molecular weight excluding hydrogens is 457 g/mol. The van der Waals surface area contributed by atoms with Crippen LogP contribution in [0.25, 0.3) is 0 Å². The number of hydrogen-bond acceptors (Lipinski definition) is 4. The topological polar surface area (TPSA) is 64.1 Å². The van der Waals surface area contributed by atoms with E-state index < -0.39 is 0 Å². The minimum absolute atomic E-state index is 0. The molecule has 6 nitrogen and oxygen atoms in total. The van der Waals surface area contributed by atoms with Crippen LogP contribution in [0.1, 0.15) is 38.2 Å². The van der Waals surface area contributed by atoms with Crippen LogP contribution in [0.15, 0.2) is 29.3 Å². The Hall–Kier alpha value is -1.06. The third-order valence-electron chi connectivity index (χ3n) is 4.63. The molecule has 3 unspecified atom stereocenters. The minimum Gasteiger partial charge on any atom is -0.497 e.